The average molecular weight is 261 g/mol. The zero-order valence-electron chi connectivity index (χ0n) is 9.65. The van der Waals surface area contributed by atoms with Crippen LogP contribution in [0.2, 0.25) is 0 Å². The van der Waals surface area contributed by atoms with Gasteiger partial charge in [-0.15, -0.1) is 0 Å². The second-order valence-electron chi connectivity index (χ2n) is 4.03. The summed E-state index contributed by atoms with van der Waals surface area (Å²) in [4.78, 5) is 22.2. The minimum Gasteiger partial charge on any atom is -0.594 e. The Balaban J connectivity index is 2.65. The lowest BCUT2D eigenvalue weighted by Crippen LogP contribution is -2.34. The van der Waals surface area contributed by atoms with Gasteiger partial charge in [0.25, 0.3) is 5.56 Å². The second-order valence-corrected chi connectivity index (χ2v) is 4.03. The van der Waals surface area contributed by atoms with E-state index in [-0.39, 0.29) is 27.9 Å². The summed E-state index contributed by atoms with van der Waals surface area (Å²) in [6, 6.07) is 3.88. The highest BCUT2D eigenvalue weighted by atomic mass is 16.6. The highest BCUT2D eigenvalue weighted by molar-refractivity contribution is 5.96. The Morgan fingerprint density at radius 3 is 2.89 bits per heavy atom. The van der Waals surface area contributed by atoms with Gasteiger partial charge in [0.05, 0.1) is 4.92 Å². The molecule has 3 rings (SSSR count). The fraction of sp³-hybridized carbons (Fsp3) is 0.100. The van der Waals surface area contributed by atoms with Crippen molar-refractivity contribution in [2.75, 3.05) is 0 Å². The maximum Gasteiger partial charge on any atom is 0.306 e. The first-order valence-corrected chi connectivity index (χ1v) is 5.28. The van der Waals surface area contributed by atoms with Gasteiger partial charge in [-0.1, -0.05) is 4.85 Å². The SMILES string of the molecule is Cc1cc2c([N+](=O)[O-])c3ccc(=O)[nH]n3c2n[n+]1[O-]. The van der Waals surface area contributed by atoms with E-state index < -0.39 is 10.5 Å². The number of nitrogens with one attached hydrogen (secondary N) is 1. The van der Waals surface area contributed by atoms with Crippen LogP contribution in [-0.2, 0) is 0 Å². The highest BCUT2D eigenvalue weighted by Gasteiger charge is 2.25. The van der Waals surface area contributed by atoms with Gasteiger partial charge in [-0.2, -0.15) is 0 Å². The van der Waals surface area contributed by atoms with Gasteiger partial charge >= 0.3 is 5.69 Å². The molecule has 3 aromatic heterocycles. The van der Waals surface area contributed by atoms with E-state index in [1.54, 1.807) is 0 Å². The van der Waals surface area contributed by atoms with Crippen molar-refractivity contribution in [2.45, 2.75) is 6.92 Å². The van der Waals surface area contributed by atoms with Crippen LogP contribution in [0.5, 0.6) is 0 Å². The van der Waals surface area contributed by atoms with Gasteiger partial charge in [0.2, 0.25) is 11.3 Å². The summed E-state index contributed by atoms with van der Waals surface area (Å²) in [5.41, 5.74) is -0.187. The number of nitrogens with zero attached hydrogens (tertiary/aromatic N) is 4. The van der Waals surface area contributed by atoms with E-state index in [1.807, 2.05) is 0 Å². The Kier molecular flexibility index (Phi) is 2.06. The molecule has 0 unspecified atom stereocenters. The van der Waals surface area contributed by atoms with Crippen molar-refractivity contribution < 1.29 is 9.77 Å². The number of nitro groups is 1. The lowest BCUT2D eigenvalue weighted by Gasteiger charge is -1.96. The summed E-state index contributed by atoms with van der Waals surface area (Å²) in [6.07, 6.45) is 0. The molecule has 0 saturated carbocycles. The minimum atomic E-state index is -0.563. The molecule has 0 fully saturated rings. The van der Waals surface area contributed by atoms with Crippen LogP contribution in [0, 0.1) is 22.2 Å². The van der Waals surface area contributed by atoms with Gasteiger partial charge in [0, 0.05) is 24.2 Å². The average Bonchev–Trinajstić information content (AvgIpc) is 2.63. The zero-order chi connectivity index (χ0) is 13.7. The van der Waals surface area contributed by atoms with Crippen molar-refractivity contribution in [3.63, 3.8) is 0 Å². The summed E-state index contributed by atoms with van der Waals surface area (Å²) in [5.74, 6) is 0. The molecule has 0 amide bonds. The van der Waals surface area contributed by atoms with Crippen molar-refractivity contribution in [3.05, 3.63) is 49.6 Å². The Morgan fingerprint density at radius 2 is 2.21 bits per heavy atom. The minimum absolute atomic E-state index is 0.0417. The Hall–Kier alpha value is -2.97. The smallest absolute Gasteiger partial charge is 0.306 e. The van der Waals surface area contributed by atoms with E-state index in [2.05, 4.69) is 10.2 Å². The van der Waals surface area contributed by atoms with Crippen LogP contribution in [0.1, 0.15) is 5.69 Å². The van der Waals surface area contributed by atoms with Gasteiger partial charge < -0.3 is 5.21 Å². The zero-order valence-corrected chi connectivity index (χ0v) is 9.65. The Bertz CT molecular complexity index is 894. The molecule has 19 heavy (non-hydrogen) atoms. The van der Waals surface area contributed by atoms with Crippen molar-refractivity contribution in [1.82, 2.24) is 14.7 Å². The number of aromatic nitrogens is 4. The van der Waals surface area contributed by atoms with Crippen LogP contribution < -0.4 is 10.4 Å². The second kappa shape index (κ2) is 3.51. The van der Waals surface area contributed by atoms with Crippen LogP contribution in [0.15, 0.2) is 23.0 Å². The third-order valence-electron chi connectivity index (χ3n) is 2.83. The van der Waals surface area contributed by atoms with Crippen LogP contribution >= 0.6 is 0 Å². The van der Waals surface area contributed by atoms with Crippen molar-refractivity contribution in [2.24, 2.45) is 0 Å². The Labute approximate surface area is 104 Å². The van der Waals surface area contributed by atoms with Gasteiger partial charge in [-0.3, -0.25) is 20.0 Å². The van der Waals surface area contributed by atoms with E-state index in [9.17, 15) is 20.1 Å². The van der Waals surface area contributed by atoms with Crippen molar-refractivity contribution >= 4 is 22.2 Å². The lowest BCUT2D eigenvalue weighted by molar-refractivity contribution is -0.673. The first-order chi connectivity index (χ1) is 8.99. The van der Waals surface area contributed by atoms with E-state index in [0.717, 1.165) is 4.52 Å². The molecule has 9 nitrogen and oxygen atoms in total. The van der Waals surface area contributed by atoms with Crippen LogP contribution in [-0.4, -0.2) is 19.6 Å². The van der Waals surface area contributed by atoms with Crippen LogP contribution in [0.3, 0.4) is 0 Å². The number of H-pyrrole nitrogens is 1. The molecule has 3 aromatic rings. The lowest BCUT2D eigenvalue weighted by atomic mass is 10.2. The van der Waals surface area contributed by atoms with Crippen LogP contribution in [0.25, 0.3) is 16.6 Å². The molecule has 0 aliphatic heterocycles. The number of hydrogen-bond donors (Lipinski definition) is 1. The maximum absolute atomic E-state index is 11.5. The Morgan fingerprint density at radius 1 is 1.47 bits per heavy atom. The van der Waals surface area contributed by atoms with E-state index in [0.29, 0.717) is 4.85 Å². The third-order valence-corrected chi connectivity index (χ3v) is 2.83. The van der Waals surface area contributed by atoms with Crippen molar-refractivity contribution in [3.8, 4) is 0 Å². The molecule has 0 aliphatic rings. The first kappa shape index (κ1) is 11.1. The topological polar surface area (TPSA) is 120 Å². The monoisotopic (exact) mass is 261 g/mol. The van der Waals surface area contributed by atoms with Crippen LogP contribution in [0.4, 0.5) is 5.69 Å². The third kappa shape index (κ3) is 1.44. The molecule has 9 heteroatoms. The molecular formula is C10H7N5O4. The van der Waals surface area contributed by atoms with E-state index in [1.165, 1.54) is 25.1 Å². The fourth-order valence-corrected chi connectivity index (χ4v) is 2.01. The van der Waals surface area contributed by atoms with Gasteiger partial charge in [0.15, 0.2) is 0 Å². The molecule has 0 aromatic carbocycles. The standard InChI is InChI=1S/C10H7N5O4/c1-5-4-6-9(15(18)19)7-2-3-8(16)11-13(7)10(6)12-14(5)17/h2-4H,1H3,(H,11,16). The summed E-state index contributed by atoms with van der Waals surface area (Å²) >= 11 is 0. The van der Waals surface area contributed by atoms with E-state index in [4.69, 9.17) is 0 Å². The number of aromatic amines is 1. The van der Waals surface area contributed by atoms with Crippen molar-refractivity contribution in [1.29, 1.82) is 0 Å². The summed E-state index contributed by atoms with van der Waals surface area (Å²) < 4.78 is 1.14. The highest BCUT2D eigenvalue weighted by Crippen LogP contribution is 2.30. The van der Waals surface area contributed by atoms with Gasteiger partial charge in [0.1, 0.15) is 10.9 Å². The first-order valence-electron chi connectivity index (χ1n) is 5.28. The maximum atomic E-state index is 11.5. The van der Waals surface area contributed by atoms with Gasteiger partial charge in [-0.05, 0) is 6.07 Å². The molecule has 0 bridgehead atoms. The summed E-state index contributed by atoms with van der Waals surface area (Å²) in [5, 5.41) is 28.9. The predicted molar refractivity (Wildman–Crippen MR) is 63.7 cm³/mol. The van der Waals surface area contributed by atoms with Gasteiger partial charge in [-0.25, -0.2) is 4.52 Å². The molecule has 0 radical (unpaired) electrons. The molecule has 96 valence electrons. The number of aryl methyl sites for hydroxylation is 1. The molecule has 3 heterocycles. The largest absolute Gasteiger partial charge is 0.594 e. The number of rotatable bonds is 1. The molecule has 0 aliphatic carbocycles. The van der Waals surface area contributed by atoms with E-state index >= 15 is 0 Å². The summed E-state index contributed by atoms with van der Waals surface area (Å²) in [7, 11) is 0. The molecule has 0 atom stereocenters. The molecule has 0 saturated heterocycles. The quantitative estimate of drug-likeness (QED) is 0.286. The molecular weight excluding hydrogens is 254 g/mol. The number of fused-ring (bicyclic) bond motifs is 3. The number of hydrogen-bond acceptors (Lipinski definition) is 5. The molecule has 0 spiro atoms. The molecule has 1 N–H and O–H groups in total. The fourth-order valence-electron chi connectivity index (χ4n) is 2.01. The predicted octanol–water partition coefficient (Wildman–Crippen LogP) is 0.0258. The normalized spacial score (nSPS) is 11.2. The summed E-state index contributed by atoms with van der Waals surface area (Å²) in [6.45, 7) is 1.49.